The van der Waals surface area contributed by atoms with Crippen LogP contribution < -0.4 is 0 Å². The highest BCUT2D eigenvalue weighted by atomic mass is 32.2. The molecule has 1 heterocycles. The zero-order valence-electron chi connectivity index (χ0n) is 13.0. The number of ether oxygens (including phenoxy) is 2. The van der Waals surface area contributed by atoms with Gasteiger partial charge in [0.2, 0.25) is 10.0 Å². The number of rotatable bonds is 4. The lowest BCUT2D eigenvalue weighted by Crippen LogP contribution is -2.32. The molecule has 0 amide bonds. The van der Waals surface area contributed by atoms with Crippen LogP contribution in [0.2, 0.25) is 0 Å². The van der Waals surface area contributed by atoms with Crippen LogP contribution in [0.4, 0.5) is 0 Å². The summed E-state index contributed by atoms with van der Waals surface area (Å²) in [6.45, 7) is 2.08. The van der Waals surface area contributed by atoms with Crippen molar-refractivity contribution in [3.63, 3.8) is 0 Å². The van der Waals surface area contributed by atoms with Crippen LogP contribution in [-0.4, -0.2) is 32.7 Å². The van der Waals surface area contributed by atoms with Gasteiger partial charge in [-0.2, -0.15) is 4.31 Å². The molecule has 0 saturated carbocycles. The average molecular weight is 333 g/mol. The maximum atomic E-state index is 13.0. The van der Waals surface area contributed by atoms with E-state index < -0.39 is 22.5 Å². The summed E-state index contributed by atoms with van der Waals surface area (Å²) in [5, 5.41) is 0. The molecule has 2 aromatic carbocycles. The highest BCUT2D eigenvalue weighted by Crippen LogP contribution is 2.35. The largest absolute Gasteiger partial charge is 0.354 e. The van der Waals surface area contributed by atoms with Crippen molar-refractivity contribution in [2.24, 2.45) is 0 Å². The van der Waals surface area contributed by atoms with Crippen molar-refractivity contribution < 1.29 is 17.9 Å². The third-order valence-corrected chi connectivity index (χ3v) is 5.67. The minimum Gasteiger partial charge on any atom is -0.354 e. The Kier molecular flexibility index (Phi) is 4.50. The van der Waals surface area contributed by atoms with Gasteiger partial charge in [-0.05, 0) is 24.6 Å². The number of hydrogen-bond acceptors (Lipinski definition) is 4. The van der Waals surface area contributed by atoms with E-state index in [2.05, 4.69) is 0 Å². The lowest BCUT2D eigenvalue weighted by Gasteiger charge is -2.22. The van der Waals surface area contributed by atoms with Crippen molar-refractivity contribution in [3.8, 4) is 0 Å². The Labute approximate surface area is 136 Å². The predicted molar refractivity (Wildman–Crippen MR) is 86.1 cm³/mol. The Morgan fingerprint density at radius 2 is 1.74 bits per heavy atom. The van der Waals surface area contributed by atoms with Crippen LogP contribution >= 0.6 is 0 Å². The Balaban J connectivity index is 1.99. The van der Waals surface area contributed by atoms with Crippen molar-refractivity contribution in [1.29, 1.82) is 0 Å². The SMILES string of the molecule is COC1CN(S(=O)(=O)c2ccc(C)cc2)C(c2ccccc2)O1. The third kappa shape index (κ3) is 3.16. The fraction of sp³-hybridized carbons (Fsp3) is 0.294. The number of benzene rings is 2. The molecule has 3 rings (SSSR count). The van der Waals surface area contributed by atoms with Crippen LogP contribution in [0.3, 0.4) is 0 Å². The van der Waals surface area contributed by atoms with E-state index >= 15 is 0 Å². The lowest BCUT2D eigenvalue weighted by molar-refractivity contribution is -0.114. The highest BCUT2D eigenvalue weighted by Gasteiger charge is 2.42. The topological polar surface area (TPSA) is 55.8 Å². The Hall–Kier alpha value is -1.73. The van der Waals surface area contributed by atoms with E-state index in [0.29, 0.717) is 0 Å². The van der Waals surface area contributed by atoms with Gasteiger partial charge in [-0.3, -0.25) is 0 Å². The van der Waals surface area contributed by atoms with Crippen LogP contribution in [-0.2, 0) is 19.5 Å². The van der Waals surface area contributed by atoms with Crippen molar-refractivity contribution in [2.45, 2.75) is 24.3 Å². The van der Waals surface area contributed by atoms with Gasteiger partial charge in [0.1, 0.15) is 0 Å². The number of nitrogens with zero attached hydrogens (tertiary/aromatic N) is 1. The molecule has 1 fully saturated rings. The fourth-order valence-electron chi connectivity index (χ4n) is 2.56. The van der Waals surface area contributed by atoms with E-state index in [4.69, 9.17) is 9.47 Å². The molecule has 0 aliphatic carbocycles. The molecule has 6 heteroatoms. The Bertz CT molecular complexity index is 759. The molecule has 2 aromatic rings. The summed E-state index contributed by atoms with van der Waals surface area (Å²) in [4.78, 5) is 0.254. The minimum absolute atomic E-state index is 0.159. The molecule has 0 N–H and O–H groups in total. The minimum atomic E-state index is -3.67. The van der Waals surface area contributed by atoms with Crippen LogP contribution in [0.15, 0.2) is 59.5 Å². The standard InChI is InChI=1S/C17H19NO4S/c1-13-8-10-15(11-9-13)23(19,20)18-12-16(21-2)22-17(18)14-6-4-3-5-7-14/h3-11,16-17H,12H2,1-2H3. The normalized spacial score (nSPS) is 22.3. The second kappa shape index (κ2) is 6.41. The van der Waals surface area contributed by atoms with E-state index in [0.717, 1.165) is 11.1 Å². The van der Waals surface area contributed by atoms with E-state index in [1.54, 1.807) is 24.3 Å². The van der Waals surface area contributed by atoms with Gasteiger partial charge >= 0.3 is 0 Å². The van der Waals surface area contributed by atoms with Crippen molar-refractivity contribution >= 4 is 10.0 Å². The van der Waals surface area contributed by atoms with Crippen LogP contribution in [0.5, 0.6) is 0 Å². The summed E-state index contributed by atoms with van der Waals surface area (Å²) < 4.78 is 38.3. The smallest absolute Gasteiger partial charge is 0.245 e. The molecule has 5 nitrogen and oxygen atoms in total. The Morgan fingerprint density at radius 1 is 1.09 bits per heavy atom. The molecule has 0 aromatic heterocycles. The molecule has 2 atom stereocenters. The molecular weight excluding hydrogens is 314 g/mol. The quantitative estimate of drug-likeness (QED) is 0.863. The number of hydrogen-bond donors (Lipinski definition) is 0. The summed E-state index contributed by atoms with van der Waals surface area (Å²) >= 11 is 0. The molecule has 0 radical (unpaired) electrons. The van der Waals surface area contributed by atoms with E-state index in [1.165, 1.54) is 11.4 Å². The first-order chi connectivity index (χ1) is 11.0. The average Bonchev–Trinajstić information content (AvgIpc) is 3.01. The fourth-order valence-corrected chi connectivity index (χ4v) is 4.05. The van der Waals surface area contributed by atoms with E-state index in [9.17, 15) is 8.42 Å². The monoisotopic (exact) mass is 333 g/mol. The van der Waals surface area contributed by atoms with Crippen LogP contribution in [0.25, 0.3) is 0 Å². The highest BCUT2D eigenvalue weighted by molar-refractivity contribution is 7.89. The van der Waals surface area contributed by atoms with Crippen LogP contribution in [0, 0.1) is 6.92 Å². The van der Waals surface area contributed by atoms with Crippen molar-refractivity contribution in [3.05, 3.63) is 65.7 Å². The maximum absolute atomic E-state index is 13.0. The lowest BCUT2D eigenvalue weighted by atomic mass is 10.2. The second-order valence-corrected chi connectivity index (χ2v) is 7.34. The Morgan fingerprint density at radius 3 is 2.35 bits per heavy atom. The van der Waals surface area contributed by atoms with Gasteiger partial charge in [0, 0.05) is 7.11 Å². The number of sulfonamides is 1. The third-order valence-electron chi connectivity index (χ3n) is 3.85. The molecule has 122 valence electrons. The summed E-state index contributed by atoms with van der Waals surface area (Å²) in [6, 6.07) is 16.1. The number of methoxy groups -OCH3 is 1. The zero-order chi connectivity index (χ0) is 16.4. The van der Waals surface area contributed by atoms with Gasteiger partial charge < -0.3 is 9.47 Å². The van der Waals surface area contributed by atoms with Gasteiger partial charge in [0.25, 0.3) is 0 Å². The van der Waals surface area contributed by atoms with E-state index in [-0.39, 0.29) is 11.4 Å². The first-order valence-corrected chi connectivity index (χ1v) is 8.78. The first kappa shape index (κ1) is 16.1. The first-order valence-electron chi connectivity index (χ1n) is 7.34. The zero-order valence-corrected chi connectivity index (χ0v) is 13.9. The summed E-state index contributed by atoms with van der Waals surface area (Å²) in [6.07, 6.45) is -1.27. The van der Waals surface area contributed by atoms with Gasteiger partial charge in [-0.1, -0.05) is 48.0 Å². The summed E-state index contributed by atoms with van der Waals surface area (Å²) in [5.74, 6) is 0. The molecule has 1 saturated heterocycles. The van der Waals surface area contributed by atoms with Crippen molar-refractivity contribution in [2.75, 3.05) is 13.7 Å². The van der Waals surface area contributed by atoms with E-state index in [1.807, 2.05) is 37.3 Å². The maximum Gasteiger partial charge on any atom is 0.245 e. The molecule has 0 bridgehead atoms. The van der Waals surface area contributed by atoms with Gasteiger partial charge in [-0.15, -0.1) is 0 Å². The predicted octanol–water partition coefficient (Wildman–Crippen LogP) is 2.69. The summed E-state index contributed by atoms with van der Waals surface area (Å²) in [7, 11) is -2.16. The van der Waals surface area contributed by atoms with Gasteiger partial charge in [-0.25, -0.2) is 8.42 Å². The summed E-state index contributed by atoms with van der Waals surface area (Å²) in [5.41, 5.74) is 1.79. The molecule has 1 aliphatic heterocycles. The van der Waals surface area contributed by atoms with Gasteiger partial charge in [0.05, 0.1) is 11.4 Å². The number of aryl methyl sites for hydroxylation is 1. The van der Waals surface area contributed by atoms with Crippen molar-refractivity contribution in [1.82, 2.24) is 4.31 Å². The molecular formula is C17H19NO4S. The second-order valence-electron chi connectivity index (χ2n) is 5.45. The molecule has 0 spiro atoms. The van der Waals surface area contributed by atoms with Gasteiger partial charge in [0.15, 0.2) is 12.5 Å². The molecule has 2 unspecified atom stereocenters. The molecule has 1 aliphatic rings. The molecule has 23 heavy (non-hydrogen) atoms. The van der Waals surface area contributed by atoms with Crippen LogP contribution in [0.1, 0.15) is 17.4 Å².